The molecule has 0 spiro atoms. The molecule has 4 nitrogen and oxygen atoms in total. The minimum atomic E-state index is -0.585. The Morgan fingerprint density at radius 3 is 2.71 bits per heavy atom. The van der Waals surface area contributed by atoms with E-state index in [9.17, 15) is 4.79 Å². The molecule has 0 bridgehead atoms. The molecule has 0 fully saturated rings. The number of hydrazone groups is 1. The summed E-state index contributed by atoms with van der Waals surface area (Å²) in [6.07, 6.45) is 0.946. The van der Waals surface area contributed by atoms with Gasteiger partial charge in [-0.15, -0.1) is 0 Å². The number of carbonyl (C=O) groups is 1. The number of nitrogens with zero attached hydrogens (tertiary/aromatic N) is 1. The van der Waals surface area contributed by atoms with E-state index < -0.39 is 6.09 Å². The molecule has 0 saturated heterocycles. The van der Waals surface area contributed by atoms with Crippen molar-refractivity contribution in [1.29, 1.82) is 0 Å². The van der Waals surface area contributed by atoms with Crippen LogP contribution in [-0.4, -0.2) is 19.4 Å². The smallest absolute Gasteiger partial charge is 0.427 e. The van der Waals surface area contributed by atoms with Crippen molar-refractivity contribution in [2.45, 2.75) is 0 Å². The van der Waals surface area contributed by atoms with Gasteiger partial charge < -0.3 is 4.74 Å². The molecule has 0 aliphatic heterocycles. The number of carbonyl (C=O) groups excluding carboxylic acids is 1. The first kappa shape index (κ1) is 10.7. The number of benzene rings is 1. The first-order valence-electron chi connectivity index (χ1n) is 3.85. The lowest BCUT2D eigenvalue weighted by atomic mass is 10.2. The van der Waals surface area contributed by atoms with Crippen LogP contribution in [0.3, 0.4) is 0 Å². The van der Waals surface area contributed by atoms with Crippen molar-refractivity contribution >= 4 is 28.2 Å². The molecule has 1 aromatic rings. The van der Waals surface area contributed by atoms with E-state index in [1.807, 2.05) is 24.3 Å². The van der Waals surface area contributed by atoms with Crippen LogP contribution in [0.2, 0.25) is 0 Å². The first-order valence-corrected chi connectivity index (χ1v) is 4.64. The van der Waals surface area contributed by atoms with E-state index in [2.05, 4.69) is 31.2 Å². The average molecular weight is 257 g/mol. The van der Waals surface area contributed by atoms with Gasteiger partial charge in [0, 0.05) is 4.47 Å². The van der Waals surface area contributed by atoms with Crippen molar-refractivity contribution in [1.82, 2.24) is 5.43 Å². The van der Waals surface area contributed by atoms with E-state index in [0.29, 0.717) is 0 Å². The Labute approximate surface area is 90.1 Å². The van der Waals surface area contributed by atoms with Gasteiger partial charge >= 0.3 is 6.09 Å². The second kappa shape index (κ2) is 5.39. The molecular formula is C9H9BrN2O2. The van der Waals surface area contributed by atoms with Crippen molar-refractivity contribution in [2.24, 2.45) is 5.10 Å². The zero-order chi connectivity index (χ0) is 10.4. The summed E-state index contributed by atoms with van der Waals surface area (Å²) in [6.45, 7) is 0. The van der Waals surface area contributed by atoms with Crippen LogP contribution in [0.15, 0.2) is 33.8 Å². The average Bonchev–Trinajstić information content (AvgIpc) is 2.21. The fourth-order valence-electron chi connectivity index (χ4n) is 0.754. The summed E-state index contributed by atoms with van der Waals surface area (Å²) in [5, 5.41) is 3.68. The summed E-state index contributed by atoms with van der Waals surface area (Å²) >= 11 is 3.31. The highest BCUT2D eigenvalue weighted by molar-refractivity contribution is 9.10. The monoisotopic (exact) mass is 256 g/mol. The minimum Gasteiger partial charge on any atom is -0.452 e. The van der Waals surface area contributed by atoms with Crippen LogP contribution in [0.5, 0.6) is 0 Å². The van der Waals surface area contributed by atoms with Crippen LogP contribution in [0.4, 0.5) is 4.79 Å². The summed E-state index contributed by atoms with van der Waals surface area (Å²) in [5.41, 5.74) is 3.09. The summed E-state index contributed by atoms with van der Waals surface area (Å²) in [6, 6.07) is 7.51. The maximum Gasteiger partial charge on any atom is 0.427 e. The molecule has 0 aliphatic carbocycles. The third-order valence-electron chi connectivity index (χ3n) is 1.42. The van der Waals surface area contributed by atoms with Gasteiger partial charge in [0.25, 0.3) is 0 Å². The quantitative estimate of drug-likeness (QED) is 0.651. The minimum absolute atomic E-state index is 0.585. The van der Waals surface area contributed by atoms with E-state index >= 15 is 0 Å². The van der Waals surface area contributed by atoms with Crippen LogP contribution in [-0.2, 0) is 4.74 Å². The van der Waals surface area contributed by atoms with Crippen LogP contribution < -0.4 is 5.43 Å². The second-order valence-corrected chi connectivity index (χ2v) is 3.33. The number of hydrogen-bond donors (Lipinski definition) is 1. The molecule has 1 N–H and O–H groups in total. The van der Waals surface area contributed by atoms with Gasteiger partial charge in [-0.3, -0.25) is 0 Å². The normalized spacial score (nSPS) is 10.1. The van der Waals surface area contributed by atoms with Gasteiger partial charge in [0.2, 0.25) is 0 Å². The van der Waals surface area contributed by atoms with E-state index in [4.69, 9.17) is 0 Å². The van der Waals surface area contributed by atoms with Crippen molar-refractivity contribution in [2.75, 3.05) is 7.11 Å². The van der Waals surface area contributed by atoms with Gasteiger partial charge in [-0.2, -0.15) is 5.10 Å². The Kier molecular flexibility index (Phi) is 4.12. The fourth-order valence-corrected chi connectivity index (χ4v) is 1.02. The number of nitrogens with one attached hydrogen (secondary N) is 1. The van der Waals surface area contributed by atoms with E-state index in [-0.39, 0.29) is 0 Å². The molecule has 0 aromatic heterocycles. The number of amides is 1. The molecule has 1 rings (SSSR count). The zero-order valence-corrected chi connectivity index (χ0v) is 9.11. The highest BCUT2D eigenvalue weighted by atomic mass is 79.9. The molecule has 0 unspecified atom stereocenters. The topological polar surface area (TPSA) is 50.7 Å². The van der Waals surface area contributed by atoms with Crippen molar-refractivity contribution < 1.29 is 9.53 Å². The van der Waals surface area contributed by atoms with Gasteiger partial charge in [0.05, 0.1) is 13.3 Å². The summed E-state index contributed by atoms with van der Waals surface area (Å²) in [5.74, 6) is 0. The van der Waals surface area contributed by atoms with Gasteiger partial charge in [0.1, 0.15) is 0 Å². The second-order valence-electron chi connectivity index (χ2n) is 2.41. The maximum atomic E-state index is 10.6. The lowest BCUT2D eigenvalue weighted by Crippen LogP contribution is -2.16. The van der Waals surface area contributed by atoms with E-state index in [1.165, 1.54) is 13.3 Å². The summed E-state index contributed by atoms with van der Waals surface area (Å²) in [4.78, 5) is 10.6. The van der Waals surface area contributed by atoms with Crippen LogP contribution in [0, 0.1) is 0 Å². The predicted molar refractivity (Wildman–Crippen MR) is 57.3 cm³/mol. The maximum absolute atomic E-state index is 10.6. The van der Waals surface area contributed by atoms with Gasteiger partial charge in [0.15, 0.2) is 0 Å². The molecule has 0 saturated carbocycles. The molecule has 0 aliphatic rings. The highest BCUT2D eigenvalue weighted by Crippen LogP contribution is 2.08. The molecule has 74 valence electrons. The predicted octanol–water partition coefficient (Wildman–Crippen LogP) is 2.14. The van der Waals surface area contributed by atoms with Crippen molar-refractivity contribution in [3.8, 4) is 0 Å². The molecule has 0 atom stereocenters. The molecule has 1 aromatic carbocycles. The van der Waals surface area contributed by atoms with Crippen molar-refractivity contribution in [3.63, 3.8) is 0 Å². The Morgan fingerprint density at radius 2 is 2.14 bits per heavy atom. The van der Waals surface area contributed by atoms with E-state index in [1.54, 1.807) is 0 Å². The molecule has 0 radical (unpaired) electrons. The summed E-state index contributed by atoms with van der Waals surface area (Å²) in [7, 11) is 1.28. The Morgan fingerprint density at radius 1 is 1.50 bits per heavy atom. The van der Waals surface area contributed by atoms with Gasteiger partial charge in [-0.25, -0.2) is 10.2 Å². The molecule has 5 heteroatoms. The number of ether oxygens (including phenoxy) is 1. The zero-order valence-electron chi connectivity index (χ0n) is 7.53. The van der Waals surface area contributed by atoms with Crippen LogP contribution in [0.25, 0.3) is 0 Å². The molecular weight excluding hydrogens is 248 g/mol. The highest BCUT2D eigenvalue weighted by Gasteiger charge is 1.92. The number of halogens is 1. The molecule has 1 amide bonds. The third kappa shape index (κ3) is 3.57. The SMILES string of the molecule is COC(=O)N/N=C/c1ccc(Br)cc1. The number of hydrogen-bond acceptors (Lipinski definition) is 3. The summed E-state index contributed by atoms with van der Waals surface area (Å²) < 4.78 is 5.33. The Bertz CT molecular complexity index is 335. The standard InChI is InChI=1S/C9H9BrN2O2/c1-14-9(13)12-11-6-7-2-4-8(10)5-3-7/h2-6H,1H3,(H,12,13)/b11-6+. The Hall–Kier alpha value is -1.36. The Balaban J connectivity index is 2.52. The van der Waals surface area contributed by atoms with E-state index in [0.717, 1.165) is 10.0 Å². The lowest BCUT2D eigenvalue weighted by Gasteiger charge is -1.95. The molecule has 0 heterocycles. The fraction of sp³-hybridized carbons (Fsp3) is 0.111. The van der Waals surface area contributed by atoms with Gasteiger partial charge in [-0.05, 0) is 17.7 Å². The number of rotatable bonds is 2. The first-order chi connectivity index (χ1) is 6.72. The molecule has 14 heavy (non-hydrogen) atoms. The van der Waals surface area contributed by atoms with Crippen molar-refractivity contribution in [3.05, 3.63) is 34.3 Å². The third-order valence-corrected chi connectivity index (χ3v) is 1.95. The van der Waals surface area contributed by atoms with Crippen LogP contribution >= 0.6 is 15.9 Å². The largest absolute Gasteiger partial charge is 0.452 e. The van der Waals surface area contributed by atoms with Crippen LogP contribution in [0.1, 0.15) is 5.56 Å². The number of methoxy groups -OCH3 is 1. The van der Waals surface area contributed by atoms with Gasteiger partial charge in [-0.1, -0.05) is 28.1 Å². The lowest BCUT2D eigenvalue weighted by molar-refractivity contribution is 0.171.